The zero-order valence-electron chi connectivity index (χ0n) is 17.3. The number of hydrogen-bond acceptors (Lipinski definition) is 4. The molecule has 0 fully saturated rings. The van der Waals surface area contributed by atoms with Crippen LogP contribution in [-0.2, 0) is 10.5 Å². The predicted molar refractivity (Wildman–Crippen MR) is 118 cm³/mol. The zero-order chi connectivity index (χ0) is 21.4. The molecule has 5 heteroatoms. The first kappa shape index (κ1) is 19.0. The molecule has 1 aliphatic heterocycles. The molecular weight excluding hydrogens is 386 g/mol. The molecule has 0 atom stereocenters. The first-order chi connectivity index (χ1) is 15.1. The number of hydrogen-bond donors (Lipinski definition) is 0. The summed E-state index contributed by atoms with van der Waals surface area (Å²) < 4.78 is 8.53. The van der Waals surface area contributed by atoms with Gasteiger partial charge in [0.05, 0.1) is 0 Å². The van der Waals surface area contributed by atoms with Crippen molar-refractivity contribution >= 4 is 11.5 Å². The Morgan fingerprint density at radius 3 is 1.84 bits per heavy atom. The average molecular weight is 407 g/mol. The lowest BCUT2D eigenvalue weighted by Gasteiger charge is -2.36. The molecule has 0 saturated carbocycles. The number of nitrogens with zero attached hydrogens (tertiary/aromatic N) is 3. The van der Waals surface area contributed by atoms with Gasteiger partial charge in [-0.05, 0) is 13.8 Å². The van der Waals surface area contributed by atoms with Crippen LogP contribution in [0.1, 0.15) is 40.1 Å². The van der Waals surface area contributed by atoms with Crippen LogP contribution in [0, 0.1) is 6.92 Å². The summed E-state index contributed by atoms with van der Waals surface area (Å²) in [6.07, 6.45) is 0. The third-order valence-corrected chi connectivity index (χ3v) is 5.51. The van der Waals surface area contributed by atoms with Gasteiger partial charge in [-0.25, -0.2) is 4.98 Å². The van der Waals surface area contributed by atoms with Crippen molar-refractivity contribution in [2.75, 3.05) is 0 Å². The highest BCUT2D eigenvalue weighted by Gasteiger charge is 2.46. The Labute approximate surface area is 180 Å². The molecule has 2 heterocycles. The van der Waals surface area contributed by atoms with Gasteiger partial charge in [-0.15, -0.1) is 0 Å². The number of aromatic nitrogens is 3. The molecule has 1 aromatic heterocycles. The van der Waals surface area contributed by atoms with Gasteiger partial charge in [0.1, 0.15) is 11.6 Å². The summed E-state index contributed by atoms with van der Waals surface area (Å²) in [5.74, 6) is 1.09. The van der Waals surface area contributed by atoms with E-state index in [0.717, 1.165) is 16.7 Å². The SMILES string of the molecule is CC1=C(c2ccccc2)OC(c2ccccc2)(c2ccccc2)n2nc(C)nc2C1=O. The number of benzene rings is 3. The lowest BCUT2D eigenvalue weighted by Crippen LogP contribution is -2.40. The minimum absolute atomic E-state index is 0.201. The number of ketones is 1. The Morgan fingerprint density at radius 2 is 1.29 bits per heavy atom. The second-order valence-electron chi connectivity index (χ2n) is 7.52. The van der Waals surface area contributed by atoms with Crippen molar-refractivity contribution in [1.29, 1.82) is 0 Å². The molecule has 5 nitrogen and oxygen atoms in total. The minimum atomic E-state index is -1.20. The van der Waals surface area contributed by atoms with Crippen molar-refractivity contribution in [3.63, 3.8) is 0 Å². The van der Waals surface area contributed by atoms with Gasteiger partial charge >= 0.3 is 0 Å². The lowest BCUT2D eigenvalue weighted by molar-refractivity contribution is 0.0338. The number of Topliss-reactive ketones (excluding diaryl/α,β-unsaturated/α-hetero) is 1. The second-order valence-corrected chi connectivity index (χ2v) is 7.52. The quantitative estimate of drug-likeness (QED) is 0.481. The lowest BCUT2D eigenvalue weighted by atomic mass is 9.93. The van der Waals surface area contributed by atoms with Crippen molar-refractivity contribution in [3.05, 3.63) is 125 Å². The van der Waals surface area contributed by atoms with Crippen LogP contribution in [0.25, 0.3) is 5.76 Å². The molecule has 0 N–H and O–H groups in total. The van der Waals surface area contributed by atoms with E-state index < -0.39 is 5.72 Å². The van der Waals surface area contributed by atoms with Crippen LogP contribution in [0.3, 0.4) is 0 Å². The predicted octanol–water partition coefficient (Wildman–Crippen LogP) is 4.98. The Kier molecular flexibility index (Phi) is 4.51. The van der Waals surface area contributed by atoms with Crippen LogP contribution in [0.5, 0.6) is 0 Å². The van der Waals surface area contributed by atoms with E-state index >= 15 is 0 Å². The molecule has 1 aliphatic rings. The van der Waals surface area contributed by atoms with Crippen molar-refractivity contribution in [2.24, 2.45) is 0 Å². The van der Waals surface area contributed by atoms with Gasteiger partial charge in [0.25, 0.3) is 5.72 Å². The number of allylic oxidation sites excluding steroid dienone is 1. The largest absolute Gasteiger partial charge is 0.456 e. The molecule has 4 aromatic rings. The summed E-state index contributed by atoms with van der Waals surface area (Å²) in [6.45, 7) is 3.57. The molecule has 3 aromatic carbocycles. The molecular formula is C26H21N3O2. The van der Waals surface area contributed by atoms with Gasteiger partial charge in [-0.2, -0.15) is 9.78 Å². The number of rotatable bonds is 3. The molecule has 0 radical (unpaired) electrons. The molecule has 0 unspecified atom stereocenters. The van der Waals surface area contributed by atoms with Gasteiger partial charge in [-0.1, -0.05) is 91.0 Å². The third kappa shape index (κ3) is 2.97. The maximum Gasteiger partial charge on any atom is 0.256 e. The van der Waals surface area contributed by atoms with Gasteiger partial charge < -0.3 is 4.74 Å². The zero-order valence-corrected chi connectivity index (χ0v) is 17.3. The number of carbonyl (C=O) groups is 1. The maximum atomic E-state index is 13.5. The van der Waals surface area contributed by atoms with E-state index in [0.29, 0.717) is 17.2 Å². The van der Waals surface area contributed by atoms with E-state index in [2.05, 4.69) is 10.1 Å². The molecule has 5 rings (SSSR count). The van der Waals surface area contributed by atoms with E-state index in [9.17, 15) is 4.79 Å². The first-order valence-corrected chi connectivity index (χ1v) is 10.2. The molecule has 0 amide bonds. The van der Waals surface area contributed by atoms with Crippen LogP contribution in [-0.4, -0.2) is 20.5 Å². The summed E-state index contributed by atoms with van der Waals surface area (Å²) in [7, 11) is 0. The summed E-state index contributed by atoms with van der Waals surface area (Å²) in [6, 6.07) is 29.4. The molecule has 0 aliphatic carbocycles. The van der Waals surface area contributed by atoms with Crippen LogP contribution in [0.2, 0.25) is 0 Å². The topological polar surface area (TPSA) is 57.0 Å². The number of ether oxygens (including phenoxy) is 1. The highest BCUT2D eigenvalue weighted by atomic mass is 16.5. The molecule has 0 bridgehead atoms. The van der Waals surface area contributed by atoms with Gasteiger partial charge in [0, 0.05) is 22.3 Å². The third-order valence-electron chi connectivity index (χ3n) is 5.51. The Morgan fingerprint density at radius 1 is 0.774 bits per heavy atom. The summed E-state index contributed by atoms with van der Waals surface area (Å²) in [5.41, 5.74) is 1.82. The number of carbonyl (C=O) groups excluding carboxylic acids is 1. The fourth-order valence-corrected chi connectivity index (χ4v) is 4.04. The van der Waals surface area contributed by atoms with Crippen molar-refractivity contribution in [2.45, 2.75) is 19.6 Å². The number of aryl methyl sites for hydroxylation is 1. The molecule has 152 valence electrons. The van der Waals surface area contributed by atoms with Crippen molar-refractivity contribution in [1.82, 2.24) is 14.8 Å². The normalized spacial score (nSPS) is 15.2. The number of fused-ring (bicyclic) bond motifs is 1. The van der Waals surface area contributed by atoms with Gasteiger partial charge in [0.15, 0.2) is 0 Å². The van der Waals surface area contributed by atoms with E-state index in [-0.39, 0.29) is 11.6 Å². The Bertz CT molecular complexity index is 1240. The monoisotopic (exact) mass is 407 g/mol. The highest BCUT2D eigenvalue weighted by molar-refractivity contribution is 6.10. The molecule has 0 spiro atoms. The van der Waals surface area contributed by atoms with Crippen LogP contribution < -0.4 is 0 Å². The second kappa shape index (κ2) is 7.36. The summed E-state index contributed by atoms with van der Waals surface area (Å²) in [5, 5.41) is 4.66. The molecule has 0 saturated heterocycles. The van der Waals surface area contributed by atoms with E-state index in [1.807, 2.05) is 91.0 Å². The van der Waals surface area contributed by atoms with E-state index in [4.69, 9.17) is 4.74 Å². The highest BCUT2D eigenvalue weighted by Crippen LogP contribution is 2.43. The van der Waals surface area contributed by atoms with Crippen LogP contribution in [0.15, 0.2) is 96.6 Å². The van der Waals surface area contributed by atoms with Crippen LogP contribution >= 0.6 is 0 Å². The molecule has 31 heavy (non-hydrogen) atoms. The standard InChI is InChI=1S/C26H21N3O2/c1-18-23(30)25-27-19(2)28-29(25)26(21-14-8-4-9-15-21,22-16-10-5-11-17-22)31-24(18)20-12-6-3-7-13-20/h3-17H,1-2H3. The van der Waals surface area contributed by atoms with Crippen LogP contribution in [0.4, 0.5) is 0 Å². The van der Waals surface area contributed by atoms with Gasteiger partial charge in [-0.3, -0.25) is 4.79 Å². The first-order valence-electron chi connectivity index (χ1n) is 10.2. The minimum Gasteiger partial charge on any atom is -0.456 e. The maximum absolute atomic E-state index is 13.5. The smallest absolute Gasteiger partial charge is 0.256 e. The van der Waals surface area contributed by atoms with Crippen molar-refractivity contribution < 1.29 is 9.53 Å². The fourth-order valence-electron chi connectivity index (χ4n) is 4.04. The van der Waals surface area contributed by atoms with E-state index in [1.165, 1.54) is 0 Å². The summed E-state index contributed by atoms with van der Waals surface area (Å²) in [4.78, 5) is 18.0. The fraction of sp³-hybridized carbons (Fsp3) is 0.115. The Balaban J connectivity index is 1.90. The Hall–Kier alpha value is -3.99. The van der Waals surface area contributed by atoms with Gasteiger partial charge in [0.2, 0.25) is 11.6 Å². The van der Waals surface area contributed by atoms with Crippen molar-refractivity contribution in [3.8, 4) is 0 Å². The van der Waals surface area contributed by atoms with E-state index in [1.54, 1.807) is 18.5 Å². The summed E-state index contributed by atoms with van der Waals surface area (Å²) >= 11 is 0. The average Bonchev–Trinajstić information content (AvgIpc) is 3.19.